The van der Waals surface area contributed by atoms with E-state index in [-0.39, 0.29) is 0 Å². The molecule has 0 unspecified atom stereocenters. The van der Waals surface area contributed by atoms with E-state index in [4.69, 9.17) is 16.3 Å². The number of carbonyl (C=O) groups is 1. The predicted octanol–water partition coefficient (Wildman–Crippen LogP) is 4.40. The van der Waals surface area contributed by atoms with Crippen LogP contribution in [-0.2, 0) is 4.74 Å². The Morgan fingerprint density at radius 1 is 1.56 bits per heavy atom. The second-order valence-electron chi connectivity index (χ2n) is 3.38. The molecule has 0 spiro atoms. The number of hydrogen-bond donors (Lipinski definition) is 0. The first-order valence-electron chi connectivity index (χ1n) is 5.20. The van der Waals surface area contributed by atoms with Crippen LogP contribution < -0.4 is 0 Å². The molecule has 3 nitrogen and oxygen atoms in total. The lowest BCUT2D eigenvalue weighted by molar-refractivity contribution is 0.0520. The van der Waals surface area contributed by atoms with Crippen LogP contribution in [0.25, 0.3) is 10.6 Å². The van der Waals surface area contributed by atoms with Crippen molar-refractivity contribution in [2.75, 3.05) is 6.61 Å². The van der Waals surface area contributed by atoms with Crippen LogP contribution in [0.2, 0.25) is 5.02 Å². The maximum absolute atomic E-state index is 11.5. The molecule has 18 heavy (non-hydrogen) atoms. The van der Waals surface area contributed by atoms with Crippen LogP contribution in [0.5, 0.6) is 0 Å². The SMILES string of the molecule is CCOC(=O)c1csc(-c2cc(Cl)ccc2Br)n1. The topological polar surface area (TPSA) is 39.2 Å². The zero-order chi connectivity index (χ0) is 13.1. The summed E-state index contributed by atoms with van der Waals surface area (Å²) in [6.07, 6.45) is 0. The summed E-state index contributed by atoms with van der Waals surface area (Å²) in [7, 11) is 0. The van der Waals surface area contributed by atoms with Gasteiger partial charge in [0, 0.05) is 20.4 Å². The lowest BCUT2D eigenvalue weighted by Crippen LogP contribution is -2.04. The van der Waals surface area contributed by atoms with Crippen LogP contribution in [0.1, 0.15) is 17.4 Å². The van der Waals surface area contributed by atoms with Gasteiger partial charge < -0.3 is 4.74 Å². The molecule has 0 aliphatic heterocycles. The molecular weight excluding hydrogens is 338 g/mol. The summed E-state index contributed by atoms with van der Waals surface area (Å²) in [6, 6.07) is 5.44. The largest absolute Gasteiger partial charge is 0.461 e. The number of halogens is 2. The minimum Gasteiger partial charge on any atom is -0.461 e. The zero-order valence-corrected chi connectivity index (χ0v) is 12.6. The number of rotatable bonds is 3. The number of benzene rings is 1. The Balaban J connectivity index is 2.35. The highest BCUT2D eigenvalue weighted by Crippen LogP contribution is 2.32. The summed E-state index contributed by atoms with van der Waals surface area (Å²) in [4.78, 5) is 15.8. The molecule has 0 saturated carbocycles. The number of ether oxygens (including phenoxy) is 1. The number of thiazole rings is 1. The third-order valence-corrected chi connectivity index (χ3v) is 3.95. The quantitative estimate of drug-likeness (QED) is 0.773. The molecule has 6 heteroatoms. The van der Waals surface area contributed by atoms with E-state index in [0.717, 1.165) is 15.0 Å². The fourth-order valence-electron chi connectivity index (χ4n) is 1.36. The Morgan fingerprint density at radius 2 is 2.33 bits per heavy atom. The van der Waals surface area contributed by atoms with Crippen molar-refractivity contribution in [2.24, 2.45) is 0 Å². The molecule has 0 N–H and O–H groups in total. The lowest BCUT2D eigenvalue weighted by atomic mass is 10.2. The summed E-state index contributed by atoms with van der Waals surface area (Å²) in [5.41, 5.74) is 1.19. The average Bonchev–Trinajstić information content (AvgIpc) is 2.82. The van der Waals surface area contributed by atoms with Gasteiger partial charge in [0.25, 0.3) is 0 Å². The van der Waals surface area contributed by atoms with Crippen molar-refractivity contribution in [3.05, 3.63) is 38.8 Å². The van der Waals surface area contributed by atoms with E-state index in [1.165, 1.54) is 11.3 Å². The van der Waals surface area contributed by atoms with Crippen LogP contribution in [-0.4, -0.2) is 17.6 Å². The highest BCUT2D eigenvalue weighted by Gasteiger charge is 2.14. The van der Waals surface area contributed by atoms with E-state index < -0.39 is 5.97 Å². The molecule has 0 radical (unpaired) electrons. The molecule has 2 aromatic rings. The van der Waals surface area contributed by atoms with E-state index in [9.17, 15) is 4.79 Å². The monoisotopic (exact) mass is 345 g/mol. The van der Waals surface area contributed by atoms with Gasteiger partial charge in [-0.1, -0.05) is 27.5 Å². The molecule has 1 heterocycles. The Kier molecular flexibility index (Phi) is 4.37. The Bertz CT molecular complexity index is 585. The Labute approximate surface area is 122 Å². The van der Waals surface area contributed by atoms with Crippen molar-refractivity contribution in [2.45, 2.75) is 6.92 Å². The first-order valence-corrected chi connectivity index (χ1v) is 7.25. The summed E-state index contributed by atoms with van der Waals surface area (Å²) in [5, 5.41) is 3.04. The molecule has 0 atom stereocenters. The van der Waals surface area contributed by atoms with E-state index in [0.29, 0.717) is 17.3 Å². The molecule has 0 bridgehead atoms. The van der Waals surface area contributed by atoms with Crippen molar-refractivity contribution in [1.29, 1.82) is 0 Å². The highest BCUT2D eigenvalue weighted by molar-refractivity contribution is 9.10. The summed E-state index contributed by atoms with van der Waals surface area (Å²) < 4.78 is 5.78. The summed E-state index contributed by atoms with van der Waals surface area (Å²) in [5.74, 6) is -0.404. The second-order valence-corrected chi connectivity index (χ2v) is 5.53. The van der Waals surface area contributed by atoms with Gasteiger partial charge in [0.05, 0.1) is 6.61 Å². The molecule has 1 aromatic heterocycles. The maximum atomic E-state index is 11.5. The van der Waals surface area contributed by atoms with Gasteiger partial charge in [-0.05, 0) is 25.1 Å². The standard InChI is InChI=1S/C12H9BrClNO2S/c1-2-17-12(16)10-6-18-11(15-10)8-5-7(14)3-4-9(8)13/h3-6H,2H2,1H3. The highest BCUT2D eigenvalue weighted by atomic mass is 79.9. The van der Waals surface area contributed by atoms with Gasteiger partial charge in [0.1, 0.15) is 5.01 Å². The van der Waals surface area contributed by atoms with Crippen LogP contribution in [0, 0.1) is 0 Å². The predicted molar refractivity (Wildman–Crippen MR) is 76.2 cm³/mol. The van der Waals surface area contributed by atoms with Gasteiger partial charge in [0.2, 0.25) is 0 Å². The number of esters is 1. The van der Waals surface area contributed by atoms with Gasteiger partial charge in [-0.25, -0.2) is 9.78 Å². The van der Waals surface area contributed by atoms with Gasteiger partial charge in [-0.15, -0.1) is 11.3 Å². The third kappa shape index (κ3) is 2.91. The molecule has 0 aliphatic rings. The molecule has 0 aliphatic carbocycles. The van der Waals surface area contributed by atoms with Gasteiger partial charge >= 0.3 is 5.97 Å². The molecule has 94 valence electrons. The zero-order valence-electron chi connectivity index (χ0n) is 9.44. The van der Waals surface area contributed by atoms with E-state index in [1.54, 1.807) is 24.4 Å². The van der Waals surface area contributed by atoms with Crippen molar-refractivity contribution in [3.63, 3.8) is 0 Å². The normalized spacial score (nSPS) is 10.4. The first kappa shape index (κ1) is 13.5. The van der Waals surface area contributed by atoms with Gasteiger partial charge in [-0.2, -0.15) is 0 Å². The number of aromatic nitrogens is 1. The van der Waals surface area contributed by atoms with Gasteiger partial charge in [0.15, 0.2) is 5.69 Å². The summed E-state index contributed by atoms with van der Waals surface area (Å²) >= 11 is 10.8. The third-order valence-electron chi connectivity index (χ3n) is 2.15. The minimum absolute atomic E-state index is 0.323. The fraction of sp³-hybridized carbons (Fsp3) is 0.167. The van der Waals surface area contributed by atoms with Crippen LogP contribution in [0.4, 0.5) is 0 Å². The number of hydrogen-bond acceptors (Lipinski definition) is 4. The smallest absolute Gasteiger partial charge is 0.357 e. The first-order chi connectivity index (χ1) is 8.61. The number of carbonyl (C=O) groups excluding carboxylic acids is 1. The minimum atomic E-state index is -0.404. The Morgan fingerprint density at radius 3 is 3.06 bits per heavy atom. The van der Waals surface area contributed by atoms with Crippen molar-refractivity contribution in [1.82, 2.24) is 4.98 Å². The van der Waals surface area contributed by atoms with Gasteiger partial charge in [-0.3, -0.25) is 0 Å². The maximum Gasteiger partial charge on any atom is 0.357 e. The van der Waals surface area contributed by atoms with Crippen molar-refractivity contribution < 1.29 is 9.53 Å². The molecule has 2 rings (SSSR count). The van der Waals surface area contributed by atoms with Crippen molar-refractivity contribution in [3.8, 4) is 10.6 Å². The summed E-state index contributed by atoms with van der Waals surface area (Å²) in [6.45, 7) is 2.10. The lowest BCUT2D eigenvalue weighted by Gasteiger charge is -2.01. The van der Waals surface area contributed by atoms with E-state index >= 15 is 0 Å². The van der Waals surface area contributed by atoms with Crippen LogP contribution >= 0.6 is 38.9 Å². The molecule has 0 fully saturated rings. The van der Waals surface area contributed by atoms with E-state index in [1.807, 2.05) is 6.07 Å². The second kappa shape index (κ2) is 5.82. The van der Waals surface area contributed by atoms with Crippen LogP contribution in [0.15, 0.2) is 28.1 Å². The van der Waals surface area contributed by atoms with E-state index in [2.05, 4.69) is 20.9 Å². The molecule has 1 aromatic carbocycles. The fourth-order valence-corrected chi connectivity index (χ4v) is 2.91. The Hall–Kier alpha value is -0.910. The molecule has 0 saturated heterocycles. The van der Waals surface area contributed by atoms with Crippen LogP contribution in [0.3, 0.4) is 0 Å². The average molecular weight is 347 g/mol. The number of nitrogens with zero attached hydrogens (tertiary/aromatic N) is 1. The molecule has 0 amide bonds. The molecular formula is C12H9BrClNO2S. The van der Waals surface area contributed by atoms with Crippen molar-refractivity contribution >= 4 is 44.8 Å².